The van der Waals surface area contributed by atoms with E-state index in [1.165, 1.54) is 13.8 Å². The third-order valence-corrected chi connectivity index (χ3v) is 17.3. The van der Waals surface area contributed by atoms with Crippen LogP contribution in [0.25, 0.3) is 0 Å². The van der Waals surface area contributed by atoms with E-state index in [0.717, 1.165) is 0 Å². The highest BCUT2D eigenvalue weighted by Crippen LogP contribution is 2.33. The molecule has 41 nitrogen and oxygen atoms in total. The zero-order chi connectivity index (χ0) is 72.5. The predicted octanol–water partition coefficient (Wildman–Crippen LogP) is -17.1. The molecule has 96 heavy (non-hydrogen) atoms. The number of nitrogens with one attached hydrogen (secondary N) is 6. The maximum absolute atomic E-state index is 14.2. The van der Waals surface area contributed by atoms with E-state index in [9.17, 15) is 151 Å². The van der Waals surface area contributed by atoms with E-state index in [0.29, 0.717) is 0 Å². The second kappa shape index (κ2) is 39.0. The van der Waals surface area contributed by atoms with E-state index in [-0.39, 0.29) is 37.8 Å². The molecule has 27 atom stereocenters. The number of hydrogen-bond acceptors (Lipinski definition) is 35. The van der Waals surface area contributed by atoms with Gasteiger partial charge in [-0.25, -0.2) is 0 Å². The third-order valence-electron chi connectivity index (χ3n) is 16.2. The Labute approximate surface area is 558 Å². The Morgan fingerprint density at radius 3 is 1.03 bits per heavy atom. The molecule has 0 bridgehead atoms. The topological polar surface area (TPSA) is 706 Å². The normalized spacial score (nSPS) is 30.0. The number of halogens is 1. The zero-order valence-corrected chi connectivity index (χ0v) is 53.5. The van der Waals surface area contributed by atoms with E-state index in [1.54, 1.807) is 22.6 Å². The van der Waals surface area contributed by atoms with Crippen LogP contribution in [0.5, 0.6) is 0 Å². The molecule has 6 amide bonds. The summed E-state index contributed by atoms with van der Waals surface area (Å²) in [6, 6.07) is 0. The van der Waals surface area contributed by atoms with Crippen molar-refractivity contribution in [2.24, 2.45) is 5.92 Å². The summed E-state index contributed by atoms with van der Waals surface area (Å²) in [6.07, 6.45) is -53.7. The molecule has 42 heteroatoms. The van der Waals surface area contributed by atoms with Crippen LogP contribution in [0.4, 0.5) is 0 Å². The molecular formula is C54H89IN6O35. The summed E-state index contributed by atoms with van der Waals surface area (Å²) < 4.78 is 26.4. The minimum atomic E-state index is -2.52. The lowest BCUT2D eigenvalue weighted by Gasteiger charge is -2.42. The highest BCUT2D eigenvalue weighted by Gasteiger charge is 2.51. The summed E-state index contributed by atoms with van der Waals surface area (Å²) in [6.45, 7) is -6.77. The highest BCUT2D eigenvalue weighted by molar-refractivity contribution is 14.1. The Morgan fingerprint density at radius 2 is 0.719 bits per heavy atom. The van der Waals surface area contributed by atoms with Crippen LogP contribution in [-0.2, 0) is 38.1 Å². The summed E-state index contributed by atoms with van der Waals surface area (Å²) in [5, 5.41) is 261. The summed E-state index contributed by atoms with van der Waals surface area (Å²) in [5.74, 6) is -8.33. The first-order valence-electron chi connectivity index (χ1n) is 29.8. The SMILES string of the molecule is Cc1c(C(=O)NCCNC(=O)[C@H](O)[C@@H](O)[C@H](O[C@@H]2C[C@H](CO)[C@H](O)[C@H](O)[C@H]2O)[C@H](O)CO)c(C)c(C(=O)NCCNC(=O)[C@H](O)[C@@H](O)[C@H](O[C@@H]2O[C@H](CO)[C@H](O)[C@H](O)[C@H]2O)[C@H](O)CO)c(I)c1C(=O)NCCNC(=O)[C@H](O)[C@@H](O)[C@H](O[C@@H]1O[C@H](CO)[C@H](O)[C@H](O)[C@H]1O)[C@H](O)CO. The lowest BCUT2D eigenvalue weighted by atomic mass is 9.81. The Bertz CT molecular complexity index is 2380. The van der Waals surface area contributed by atoms with E-state index >= 15 is 0 Å². The molecule has 3 fully saturated rings. The summed E-state index contributed by atoms with van der Waals surface area (Å²) in [7, 11) is 0. The molecule has 1 saturated carbocycles. The number of rotatable bonds is 36. The first kappa shape index (κ1) is 84.0. The van der Waals surface area contributed by atoms with Gasteiger partial charge in [-0.05, 0) is 54.0 Å². The molecule has 0 radical (unpaired) electrons. The lowest BCUT2D eigenvalue weighted by molar-refractivity contribution is -0.326. The number of amides is 6. The van der Waals surface area contributed by atoms with E-state index < -0.39 is 279 Å². The Hall–Kier alpha value is -4.39. The van der Waals surface area contributed by atoms with Gasteiger partial charge in [0.1, 0.15) is 116 Å². The van der Waals surface area contributed by atoms with Crippen molar-refractivity contribution >= 4 is 58.0 Å². The van der Waals surface area contributed by atoms with Gasteiger partial charge in [0.25, 0.3) is 35.4 Å². The first-order valence-corrected chi connectivity index (χ1v) is 30.9. The van der Waals surface area contributed by atoms with E-state index in [2.05, 4.69) is 31.9 Å². The molecule has 4 rings (SSSR count). The molecule has 2 heterocycles. The van der Waals surface area contributed by atoms with Crippen LogP contribution in [0.15, 0.2) is 0 Å². The number of carbonyl (C=O) groups is 6. The van der Waals surface area contributed by atoms with Crippen molar-refractivity contribution in [1.29, 1.82) is 0 Å². The first-order chi connectivity index (χ1) is 45.1. The van der Waals surface area contributed by atoms with Gasteiger partial charge in [0.05, 0.1) is 56.4 Å². The van der Waals surface area contributed by atoms with Crippen molar-refractivity contribution in [3.63, 3.8) is 0 Å². The lowest BCUT2D eigenvalue weighted by Crippen LogP contribution is -2.62. The summed E-state index contributed by atoms with van der Waals surface area (Å²) >= 11 is 1.59. The minimum absolute atomic E-state index is 0.120. The van der Waals surface area contributed by atoms with Gasteiger partial charge in [0.2, 0.25) is 0 Å². The highest BCUT2D eigenvalue weighted by atomic mass is 127. The van der Waals surface area contributed by atoms with Gasteiger partial charge in [0.15, 0.2) is 30.9 Å². The number of ether oxygens (including phenoxy) is 5. The molecule has 0 unspecified atom stereocenters. The average molecular weight is 1510 g/mol. The van der Waals surface area contributed by atoms with Crippen molar-refractivity contribution in [3.05, 3.63) is 31.4 Å². The van der Waals surface area contributed by atoms with Crippen molar-refractivity contribution in [1.82, 2.24) is 31.9 Å². The Morgan fingerprint density at radius 1 is 0.417 bits per heavy atom. The summed E-state index contributed by atoms with van der Waals surface area (Å²) in [5.41, 5.74) is -1.34. The molecule has 0 spiro atoms. The van der Waals surface area contributed by atoms with Gasteiger partial charge >= 0.3 is 0 Å². The van der Waals surface area contributed by atoms with Crippen LogP contribution in [0.3, 0.4) is 0 Å². The number of benzene rings is 1. The van der Waals surface area contributed by atoms with Gasteiger partial charge in [-0.2, -0.15) is 0 Å². The maximum Gasteiger partial charge on any atom is 0.252 e. The molecule has 0 aromatic heterocycles. The number of hydrogen-bond donors (Lipinski definition) is 30. The monoisotopic (exact) mass is 1510 g/mol. The van der Waals surface area contributed by atoms with Gasteiger partial charge in [-0.15, -0.1) is 0 Å². The molecule has 3 aliphatic rings. The molecule has 2 aliphatic heterocycles. The molecule has 552 valence electrons. The molecule has 1 aromatic rings. The number of carbonyl (C=O) groups excluding carboxylic acids is 6. The van der Waals surface area contributed by atoms with Crippen LogP contribution in [0.1, 0.15) is 48.6 Å². The fourth-order valence-electron chi connectivity index (χ4n) is 10.5. The fourth-order valence-corrected chi connectivity index (χ4v) is 11.8. The zero-order valence-electron chi connectivity index (χ0n) is 51.4. The second-order valence-electron chi connectivity index (χ2n) is 22.8. The molecular weight excluding hydrogens is 1420 g/mol. The Kier molecular flexibility index (Phi) is 34.1. The third kappa shape index (κ3) is 20.6. The van der Waals surface area contributed by atoms with E-state index in [4.69, 9.17) is 23.7 Å². The van der Waals surface area contributed by atoms with Crippen molar-refractivity contribution in [2.45, 2.75) is 179 Å². The van der Waals surface area contributed by atoms with Crippen LogP contribution in [0, 0.1) is 23.3 Å². The minimum Gasteiger partial charge on any atom is -0.396 e. The maximum atomic E-state index is 14.2. The van der Waals surface area contributed by atoms with Crippen LogP contribution < -0.4 is 31.9 Å². The van der Waals surface area contributed by atoms with E-state index in [1.807, 2.05) is 0 Å². The van der Waals surface area contributed by atoms with Crippen molar-refractivity contribution in [3.8, 4) is 0 Å². The number of aliphatic hydroxyl groups excluding tert-OH is 24. The van der Waals surface area contributed by atoms with Crippen LogP contribution >= 0.6 is 22.6 Å². The standard InChI is InChI=1S/C54H89IN6O35/c1-16-25(47(86)56-3-6-59-50(89)39(81)36(78)44(19(68)11-63)92-22-9-18(10-62)29(71)33(75)30(22)72)17(2)27(49(88)58-5-8-61-52(91)41(83)38(80)46(21(70)13-65)96-54-43(85)35(77)32(74)24(15-67)94-54)28(55)26(16)48(87)57-4-7-60-51(90)40(82)37(79)45(20(69)12-64)95-53-42(84)34(76)31(73)23(14-66)93-53/h18-24,29-46,53-54,62-85H,3-15H2,1-2H3,(H,56,86)(H,57,87)(H,58,88)(H,59,89)(H,60,90)(H,61,91)/t18-,19-,20-,21-,22-,23-,24-,29+,30+,31+,32+,33+,34+,35+,36-,37-,38-,39-,40-,41-,42-,43-,44-,45-,46-,53+,54+/m1/s1. The quantitative estimate of drug-likeness (QED) is 0.0219. The van der Waals surface area contributed by atoms with Gasteiger partial charge in [-0.3, -0.25) is 28.8 Å². The largest absolute Gasteiger partial charge is 0.396 e. The van der Waals surface area contributed by atoms with Gasteiger partial charge in [-0.1, -0.05) is 0 Å². The molecule has 2 saturated heterocycles. The fraction of sp³-hybridized carbons (Fsp3) is 0.778. The van der Waals surface area contributed by atoms with Crippen molar-refractivity contribution < 1.29 is 175 Å². The smallest absolute Gasteiger partial charge is 0.252 e. The van der Waals surface area contributed by atoms with Gasteiger partial charge in [0, 0.05) is 60.9 Å². The number of aliphatic hydroxyl groups is 24. The van der Waals surface area contributed by atoms with Crippen LogP contribution in [0.2, 0.25) is 0 Å². The molecule has 30 N–H and O–H groups in total. The van der Waals surface area contributed by atoms with Crippen molar-refractivity contribution in [2.75, 3.05) is 78.9 Å². The van der Waals surface area contributed by atoms with Gasteiger partial charge < -0.3 is 178 Å². The summed E-state index contributed by atoms with van der Waals surface area (Å²) in [4.78, 5) is 81.8. The molecule has 1 aromatic carbocycles. The Balaban J connectivity index is 1.53. The van der Waals surface area contributed by atoms with Crippen LogP contribution in [-0.4, -0.2) is 396 Å². The second-order valence-corrected chi connectivity index (χ2v) is 23.8. The molecule has 1 aliphatic carbocycles. The predicted molar refractivity (Wildman–Crippen MR) is 319 cm³/mol. The average Bonchev–Trinajstić information content (AvgIpc) is 0.770.